The van der Waals surface area contributed by atoms with E-state index >= 15 is 0 Å². The third kappa shape index (κ3) is 3.76. The van der Waals surface area contributed by atoms with E-state index in [0.29, 0.717) is 57.5 Å². The molecule has 1 saturated carbocycles. The number of hydrogen-bond acceptors (Lipinski definition) is 5. The van der Waals surface area contributed by atoms with Gasteiger partial charge in [0, 0.05) is 57.9 Å². The van der Waals surface area contributed by atoms with Gasteiger partial charge in [0.05, 0.1) is 19.8 Å². The monoisotopic (exact) mass is 361 g/mol. The number of carbonyl (C=O) groups excluding carboxylic acids is 2. The molecule has 0 bridgehead atoms. The maximum Gasteiger partial charge on any atom is 0.274 e. The van der Waals surface area contributed by atoms with Crippen molar-refractivity contribution < 1.29 is 14.3 Å². The van der Waals surface area contributed by atoms with Crippen LogP contribution in [0.2, 0.25) is 0 Å². The highest BCUT2D eigenvalue weighted by molar-refractivity contribution is 5.92. The molecule has 142 valence electrons. The maximum absolute atomic E-state index is 12.7. The molecule has 1 aromatic rings. The minimum atomic E-state index is -0.0206. The van der Waals surface area contributed by atoms with Crippen molar-refractivity contribution in [2.45, 2.75) is 18.8 Å². The maximum atomic E-state index is 12.7. The van der Waals surface area contributed by atoms with Crippen LogP contribution in [-0.4, -0.2) is 95.3 Å². The van der Waals surface area contributed by atoms with Gasteiger partial charge in [0.2, 0.25) is 5.91 Å². The van der Waals surface area contributed by atoms with Crippen molar-refractivity contribution in [3.05, 3.63) is 17.5 Å². The number of nitrogens with zero attached hydrogens (tertiary/aromatic N) is 5. The lowest BCUT2D eigenvalue weighted by molar-refractivity contribution is -0.134. The molecule has 0 aromatic carbocycles. The molecule has 1 aliphatic carbocycles. The van der Waals surface area contributed by atoms with Crippen LogP contribution in [-0.2, 0) is 16.6 Å². The average molecular weight is 361 g/mol. The molecular weight excluding hydrogens is 334 g/mol. The van der Waals surface area contributed by atoms with Gasteiger partial charge < -0.3 is 14.5 Å². The van der Waals surface area contributed by atoms with Gasteiger partial charge in [0.15, 0.2) is 5.69 Å². The molecule has 0 unspecified atom stereocenters. The molecule has 2 aliphatic heterocycles. The summed E-state index contributed by atoms with van der Waals surface area (Å²) in [6, 6.07) is 1.94. The van der Waals surface area contributed by atoms with E-state index in [1.807, 2.05) is 27.6 Å². The smallest absolute Gasteiger partial charge is 0.274 e. The van der Waals surface area contributed by atoms with Gasteiger partial charge in [-0.25, -0.2) is 0 Å². The Kier molecular flexibility index (Phi) is 4.95. The van der Waals surface area contributed by atoms with E-state index in [0.717, 1.165) is 18.8 Å². The fourth-order valence-electron chi connectivity index (χ4n) is 3.72. The zero-order chi connectivity index (χ0) is 18.1. The first-order valence-electron chi connectivity index (χ1n) is 9.53. The molecule has 1 aromatic heterocycles. The molecule has 4 rings (SSSR count). The molecule has 0 atom stereocenters. The van der Waals surface area contributed by atoms with Gasteiger partial charge >= 0.3 is 0 Å². The molecule has 8 nitrogen and oxygen atoms in total. The van der Waals surface area contributed by atoms with Gasteiger partial charge in [-0.2, -0.15) is 5.10 Å². The standard InChI is InChI=1S/C18H27N5O3/c1-20-16(14-2-3-14)12-15(19-20)18(25)23-6-4-22(5-7-23)17(24)13-21-8-10-26-11-9-21/h12,14H,2-11,13H2,1H3. The lowest BCUT2D eigenvalue weighted by atomic mass is 10.2. The first kappa shape index (κ1) is 17.5. The number of carbonyl (C=O) groups is 2. The number of piperazine rings is 1. The minimum Gasteiger partial charge on any atom is -0.379 e. The SMILES string of the molecule is Cn1nc(C(=O)N2CCN(C(=O)CN3CCOCC3)CC2)cc1C1CC1. The van der Waals surface area contributed by atoms with Crippen LogP contribution in [0.25, 0.3) is 0 Å². The second-order valence-electron chi connectivity index (χ2n) is 7.41. The van der Waals surface area contributed by atoms with Gasteiger partial charge in [-0.1, -0.05) is 0 Å². The van der Waals surface area contributed by atoms with E-state index in [-0.39, 0.29) is 11.8 Å². The summed E-state index contributed by atoms with van der Waals surface area (Å²) >= 11 is 0. The summed E-state index contributed by atoms with van der Waals surface area (Å²) in [5.74, 6) is 0.698. The van der Waals surface area contributed by atoms with Crippen LogP contribution < -0.4 is 0 Å². The van der Waals surface area contributed by atoms with Crippen LogP contribution >= 0.6 is 0 Å². The summed E-state index contributed by atoms with van der Waals surface area (Å²) < 4.78 is 7.16. The Morgan fingerprint density at radius 1 is 1.08 bits per heavy atom. The van der Waals surface area contributed by atoms with E-state index in [1.165, 1.54) is 12.8 Å². The van der Waals surface area contributed by atoms with Crippen LogP contribution in [0.5, 0.6) is 0 Å². The molecule has 0 spiro atoms. The number of hydrogen-bond donors (Lipinski definition) is 0. The summed E-state index contributed by atoms with van der Waals surface area (Å²) in [6.07, 6.45) is 2.38. The molecular formula is C18H27N5O3. The van der Waals surface area contributed by atoms with Gasteiger partial charge in [-0.15, -0.1) is 0 Å². The third-order valence-electron chi connectivity index (χ3n) is 5.51. The highest BCUT2D eigenvalue weighted by Gasteiger charge is 2.31. The van der Waals surface area contributed by atoms with Crippen molar-refractivity contribution in [2.75, 3.05) is 59.0 Å². The van der Waals surface area contributed by atoms with E-state index in [4.69, 9.17) is 4.74 Å². The largest absolute Gasteiger partial charge is 0.379 e. The highest BCUT2D eigenvalue weighted by atomic mass is 16.5. The number of aryl methyl sites for hydroxylation is 1. The van der Waals surface area contributed by atoms with Crippen molar-refractivity contribution >= 4 is 11.8 Å². The van der Waals surface area contributed by atoms with Gasteiger partial charge in [-0.3, -0.25) is 19.2 Å². The molecule has 3 fully saturated rings. The summed E-state index contributed by atoms with van der Waals surface area (Å²) in [7, 11) is 1.91. The lowest BCUT2D eigenvalue weighted by Crippen LogP contribution is -2.53. The number of amides is 2. The first-order chi connectivity index (χ1) is 12.6. The second-order valence-corrected chi connectivity index (χ2v) is 7.41. The number of aromatic nitrogens is 2. The Labute approximate surface area is 153 Å². The second kappa shape index (κ2) is 7.36. The minimum absolute atomic E-state index is 0.0206. The predicted molar refractivity (Wildman–Crippen MR) is 94.9 cm³/mol. The third-order valence-corrected chi connectivity index (χ3v) is 5.51. The number of ether oxygens (including phenoxy) is 1. The topological polar surface area (TPSA) is 70.9 Å². The fourth-order valence-corrected chi connectivity index (χ4v) is 3.72. The molecule has 2 saturated heterocycles. The predicted octanol–water partition coefficient (Wildman–Crippen LogP) is -0.0859. The molecule has 2 amide bonds. The number of rotatable bonds is 4. The summed E-state index contributed by atoms with van der Waals surface area (Å²) in [6.45, 7) is 5.80. The fraction of sp³-hybridized carbons (Fsp3) is 0.722. The molecule has 3 aliphatic rings. The Morgan fingerprint density at radius 2 is 1.73 bits per heavy atom. The Hall–Kier alpha value is -1.93. The summed E-state index contributed by atoms with van der Waals surface area (Å²) in [5, 5.41) is 4.40. The summed E-state index contributed by atoms with van der Waals surface area (Å²) in [4.78, 5) is 31.0. The molecule has 0 N–H and O–H groups in total. The first-order valence-corrected chi connectivity index (χ1v) is 9.53. The zero-order valence-corrected chi connectivity index (χ0v) is 15.4. The quantitative estimate of drug-likeness (QED) is 0.750. The van der Waals surface area contributed by atoms with Crippen LogP contribution in [0.4, 0.5) is 0 Å². The van der Waals surface area contributed by atoms with Crippen LogP contribution in [0, 0.1) is 0 Å². The van der Waals surface area contributed by atoms with Gasteiger partial charge in [-0.05, 0) is 18.9 Å². The summed E-state index contributed by atoms with van der Waals surface area (Å²) in [5.41, 5.74) is 1.69. The Balaban J connectivity index is 1.29. The molecule has 26 heavy (non-hydrogen) atoms. The van der Waals surface area contributed by atoms with Crippen molar-refractivity contribution in [1.82, 2.24) is 24.5 Å². The van der Waals surface area contributed by atoms with E-state index < -0.39 is 0 Å². The van der Waals surface area contributed by atoms with E-state index in [1.54, 1.807) is 0 Å². The van der Waals surface area contributed by atoms with Gasteiger partial charge in [0.1, 0.15) is 0 Å². The highest BCUT2D eigenvalue weighted by Crippen LogP contribution is 2.40. The molecule has 8 heteroatoms. The van der Waals surface area contributed by atoms with Gasteiger partial charge in [0.25, 0.3) is 5.91 Å². The normalized spacial score (nSPS) is 21.9. The molecule has 0 radical (unpaired) electrons. The van der Waals surface area contributed by atoms with Crippen molar-refractivity contribution in [1.29, 1.82) is 0 Å². The number of morpholine rings is 1. The average Bonchev–Trinajstić information content (AvgIpc) is 3.44. The van der Waals surface area contributed by atoms with Crippen LogP contribution in [0.3, 0.4) is 0 Å². The van der Waals surface area contributed by atoms with Crippen LogP contribution in [0.15, 0.2) is 6.07 Å². The Morgan fingerprint density at radius 3 is 2.38 bits per heavy atom. The van der Waals surface area contributed by atoms with Crippen molar-refractivity contribution in [3.63, 3.8) is 0 Å². The van der Waals surface area contributed by atoms with E-state index in [9.17, 15) is 9.59 Å². The zero-order valence-electron chi connectivity index (χ0n) is 15.4. The van der Waals surface area contributed by atoms with Crippen LogP contribution in [0.1, 0.15) is 34.9 Å². The Bertz CT molecular complexity index is 670. The van der Waals surface area contributed by atoms with Crippen molar-refractivity contribution in [2.24, 2.45) is 7.05 Å². The van der Waals surface area contributed by atoms with Crippen molar-refractivity contribution in [3.8, 4) is 0 Å². The molecule has 3 heterocycles. The lowest BCUT2D eigenvalue weighted by Gasteiger charge is -2.36. The van der Waals surface area contributed by atoms with E-state index in [2.05, 4.69) is 10.00 Å².